The number of alkyl halides is 2. The fourth-order valence-electron chi connectivity index (χ4n) is 1.89. The summed E-state index contributed by atoms with van der Waals surface area (Å²) in [5.41, 5.74) is 0.114. The number of aliphatic hydroxyl groups excluding tert-OH is 1. The summed E-state index contributed by atoms with van der Waals surface area (Å²) < 4.78 is 9.81. The molecule has 0 aliphatic rings. The number of non-ortho nitro benzene ring substituents is 1. The van der Waals surface area contributed by atoms with Crippen molar-refractivity contribution in [3.8, 4) is 0 Å². The van der Waals surface area contributed by atoms with Crippen LogP contribution >= 0.6 is 23.2 Å². The molecule has 138 valence electrons. The third kappa shape index (κ3) is 6.37. The molecule has 0 saturated carbocycles. The molecule has 0 spiro atoms. The molecule has 0 fully saturated rings. The zero-order chi connectivity index (χ0) is 19.0. The van der Waals surface area contributed by atoms with Crippen molar-refractivity contribution >= 4 is 41.0 Å². The van der Waals surface area contributed by atoms with E-state index in [4.69, 9.17) is 27.9 Å². The Bertz CT molecular complexity index is 610. The van der Waals surface area contributed by atoms with Gasteiger partial charge in [-0.1, -0.05) is 23.2 Å². The van der Waals surface area contributed by atoms with E-state index in [1.807, 2.05) is 0 Å². The summed E-state index contributed by atoms with van der Waals surface area (Å²) in [5.74, 6) is -0.804. The lowest BCUT2D eigenvalue weighted by Crippen LogP contribution is -2.45. The first-order valence-corrected chi connectivity index (χ1v) is 7.94. The molecule has 0 saturated heterocycles. The molecule has 0 unspecified atom stereocenters. The van der Waals surface area contributed by atoms with Crippen LogP contribution in [-0.4, -0.2) is 46.2 Å². The summed E-state index contributed by atoms with van der Waals surface area (Å²) in [6.07, 6.45) is -2.22. The first kappa shape index (κ1) is 20.9. The number of rotatable bonds is 8. The smallest absolute Gasteiger partial charge is 0.435 e. The number of hydrogen-bond donors (Lipinski definition) is 2. The van der Waals surface area contributed by atoms with E-state index >= 15 is 0 Å². The Kier molecular flexibility index (Phi) is 8.39. The number of ether oxygens (including phenoxy) is 2. The minimum atomic E-state index is -1.39. The van der Waals surface area contributed by atoms with Crippen molar-refractivity contribution in [1.82, 2.24) is 5.32 Å². The van der Waals surface area contributed by atoms with E-state index in [1.54, 1.807) is 6.92 Å². The molecule has 1 rings (SSSR count). The molecule has 11 heteroatoms. The van der Waals surface area contributed by atoms with Crippen LogP contribution < -0.4 is 5.32 Å². The average Bonchev–Trinajstić information content (AvgIpc) is 2.57. The van der Waals surface area contributed by atoms with Gasteiger partial charge in [0, 0.05) is 12.1 Å². The van der Waals surface area contributed by atoms with E-state index in [-0.39, 0.29) is 12.3 Å². The van der Waals surface area contributed by atoms with Crippen LogP contribution in [0, 0.1) is 10.1 Å². The quantitative estimate of drug-likeness (QED) is 0.299. The maximum Gasteiger partial charge on any atom is 0.508 e. The molecular weight excluding hydrogens is 379 g/mol. The van der Waals surface area contributed by atoms with Crippen LogP contribution in [-0.2, 0) is 14.3 Å². The van der Waals surface area contributed by atoms with E-state index < -0.39 is 40.6 Å². The minimum absolute atomic E-state index is 0.0490. The van der Waals surface area contributed by atoms with Crippen molar-refractivity contribution in [3.63, 3.8) is 0 Å². The Morgan fingerprint density at radius 3 is 2.36 bits per heavy atom. The number of carbonyl (C=O) groups excluding carboxylic acids is 2. The number of nitrogens with one attached hydrogen (secondary N) is 1. The average molecular weight is 395 g/mol. The second kappa shape index (κ2) is 10.0. The maximum atomic E-state index is 11.7. The van der Waals surface area contributed by atoms with Gasteiger partial charge < -0.3 is 19.9 Å². The summed E-state index contributed by atoms with van der Waals surface area (Å²) >= 11 is 10.9. The maximum absolute atomic E-state index is 11.7. The van der Waals surface area contributed by atoms with Crippen LogP contribution in [0.2, 0.25) is 0 Å². The molecule has 2 N–H and O–H groups in total. The highest BCUT2D eigenvalue weighted by atomic mass is 35.5. The number of carbonyl (C=O) groups is 2. The first-order chi connectivity index (χ1) is 11.8. The molecule has 2 atom stereocenters. The molecule has 1 aromatic rings. The number of hydrogen-bond acceptors (Lipinski definition) is 7. The zero-order valence-corrected chi connectivity index (χ0v) is 14.6. The Labute approximate surface area is 153 Å². The third-order valence-electron chi connectivity index (χ3n) is 3.01. The predicted octanol–water partition coefficient (Wildman–Crippen LogP) is 2.09. The molecule has 1 aromatic carbocycles. The largest absolute Gasteiger partial charge is 0.508 e. The van der Waals surface area contributed by atoms with Gasteiger partial charge in [0.05, 0.1) is 24.2 Å². The van der Waals surface area contributed by atoms with Gasteiger partial charge in [0.15, 0.2) is 10.9 Å². The van der Waals surface area contributed by atoms with E-state index in [0.29, 0.717) is 5.56 Å². The summed E-state index contributed by atoms with van der Waals surface area (Å²) in [6, 6.07) is 3.95. The van der Waals surface area contributed by atoms with Crippen LogP contribution in [0.3, 0.4) is 0 Å². The van der Waals surface area contributed by atoms with E-state index in [2.05, 4.69) is 10.1 Å². The Morgan fingerprint density at radius 2 is 1.92 bits per heavy atom. The van der Waals surface area contributed by atoms with Gasteiger partial charge in [0.1, 0.15) is 0 Å². The van der Waals surface area contributed by atoms with Gasteiger partial charge in [-0.15, -0.1) is 0 Å². The van der Waals surface area contributed by atoms with E-state index in [1.165, 1.54) is 24.3 Å². The standard InChI is InChI=1S/C14H16Cl2N2O7/c1-2-24-14(21)25-11(10(7-19)17-13(20)12(15)16)8-3-5-9(6-4-8)18(22)23/h3-6,10-12,19H,2,7H2,1H3,(H,17,20)/t10-,11+/m0/s1. The third-order valence-corrected chi connectivity index (χ3v) is 3.40. The Hall–Kier alpha value is -2.10. The van der Waals surface area contributed by atoms with Gasteiger partial charge in [0.2, 0.25) is 0 Å². The lowest BCUT2D eigenvalue weighted by Gasteiger charge is -2.26. The number of nitro groups is 1. The van der Waals surface area contributed by atoms with Crippen LogP contribution in [0.25, 0.3) is 0 Å². The molecule has 0 aliphatic carbocycles. The second-order valence-corrected chi connectivity index (χ2v) is 5.76. The summed E-state index contributed by atoms with van der Waals surface area (Å²) in [4.78, 5) is 32.0. The monoisotopic (exact) mass is 394 g/mol. The second-order valence-electron chi connectivity index (χ2n) is 4.67. The minimum Gasteiger partial charge on any atom is -0.435 e. The molecule has 0 aliphatic heterocycles. The van der Waals surface area contributed by atoms with E-state index in [0.717, 1.165) is 0 Å². The van der Waals surface area contributed by atoms with Crippen molar-refractivity contribution in [3.05, 3.63) is 39.9 Å². The highest BCUT2D eigenvalue weighted by molar-refractivity contribution is 6.53. The van der Waals surface area contributed by atoms with Crippen LogP contribution in [0.15, 0.2) is 24.3 Å². The molecule has 1 amide bonds. The zero-order valence-electron chi connectivity index (χ0n) is 13.1. The molecule has 25 heavy (non-hydrogen) atoms. The highest BCUT2D eigenvalue weighted by Crippen LogP contribution is 2.25. The van der Waals surface area contributed by atoms with E-state index in [9.17, 15) is 24.8 Å². The summed E-state index contributed by atoms with van der Waals surface area (Å²) in [5, 5.41) is 22.6. The topological polar surface area (TPSA) is 128 Å². The summed E-state index contributed by atoms with van der Waals surface area (Å²) in [6.45, 7) is 1.000. The molecule has 0 heterocycles. The van der Waals surface area contributed by atoms with Crippen molar-refractivity contribution in [2.75, 3.05) is 13.2 Å². The number of benzene rings is 1. The fraction of sp³-hybridized carbons (Fsp3) is 0.429. The molecule has 0 aromatic heterocycles. The lowest BCUT2D eigenvalue weighted by molar-refractivity contribution is -0.384. The number of nitro benzene ring substituents is 1. The van der Waals surface area contributed by atoms with Crippen LogP contribution in [0.5, 0.6) is 0 Å². The van der Waals surface area contributed by atoms with Crippen molar-refractivity contribution in [1.29, 1.82) is 0 Å². The van der Waals surface area contributed by atoms with Gasteiger partial charge in [-0.05, 0) is 24.6 Å². The highest BCUT2D eigenvalue weighted by Gasteiger charge is 2.30. The molecule has 9 nitrogen and oxygen atoms in total. The van der Waals surface area contributed by atoms with Crippen molar-refractivity contribution < 1.29 is 29.1 Å². The van der Waals surface area contributed by atoms with Crippen molar-refractivity contribution in [2.45, 2.75) is 23.9 Å². The normalized spacial score (nSPS) is 13.0. The van der Waals surface area contributed by atoms with Crippen molar-refractivity contribution in [2.24, 2.45) is 0 Å². The molecule has 0 radical (unpaired) electrons. The number of nitrogens with zero attached hydrogens (tertiary/aromatic N) is 1. The van der Waals surface area contributed by atoms with Gasteiger partial charge in [-0.2, -0.15) is 0 Å². The van der Waals surface area contributed by atoms with Gasteiger partial charge in [0.25, 0.3) is 11.6 Å². The van der Waals surface area contributed by atoms with Gasteiger partial charge >= 0.3 is 6.16 Å². The number of aliphatic hydroxyl groups is 1. The number of halogens is 2. The van der Waals surface area contributed by atoms with Crippen LogP contribution in [0.4, 0.5) is 10.5 Å². The van der Waals surface area contributed by atoms with Gasteiger partial charge in [-0.3, -0.25) is 14.9 Å². The van der Waals surface area contributed by atoms with Crippen LogP contribution in [0.1, 0.15) is 18.6 Å². The van der Waals surface area contributed by atoms with Gasteiger partial charge in [-0.25, -0.2) is 4.79 Å². The molecular formula is C14H16Cl2N2O7. The Morgan fingerprint density at radius 1 is 1.32 bits per heavy atom. The fourth-order valence-corrected chi connectivity index (χ4v) is 2.01. The Balaban J connectivity index is 3.10. The predicted molar refractivity (Wildman–Crippen MR) is 88.5 cm³/mol. The lowest BCUT2D eigenvalue weighted by atomic mass is 10.0. The molecule has 0 bridgehead atoms. The first-order valence-electron chi connectivity index (χ1n) is 7.07. The number of amides is 1. The summed E-state index contributed by atoms with van der Waals surface area (Å²) in [7, 11) is 0. The SMILES string of the molecule is CCOC(=O)O[C@H](c1ccc([N+](=O)[O-])cc1)[C@H](CO)NC(=O)C(Cl)Cl.